The van der Waals surface area contributed by atoms with Crippen molar-refractivity contribution < 1.29 is 0 Å². The van der Waals surface area contributed by atoms with Crippen LogP contribution in [-0.4, -0.2) is 6.71 Å². The lowest BCUT2D eigenvalue weighted by Gasteiger charge is -2.45. The quantitative estimate of drug-likeness (QED) is 0.107. The topological polar surface area (TPSA) is 9.72 Å². The molecule has 0 aliphatic carbocycles. The molecule has 0 atom stereocenters. The molecule has 2 aliphatic rings. The highest BCUT2D eigenvalue weighted by molar-refractivity contribution is 7.00. The molecule has 3 nitrogen and oxygen atoms in total. The van der Waals surface area contributed by atoms with E-state index in [-0.39, 0.29) is 6.71 Å². The van der Waals surface area contributed by atoms with Crippen LogP contribution in [-0.2, 0) is 0 Å². The second-order valence-corrected chi connectivity index (χ2v) is 36.1. The second kappa shape index (κ2) is 31.2. The van der Waals surface area contributed by atoms with Crippen molar-refractivity contribution in [1.82, 2.24) is 0 Å². The van der Waals surface area contributed by atoms with Crippen LogP contribution in [0.15, 0.2) is 497 Å². The van der Waals surface area contributed by atoms with Gasteiger partial charge in [0.1, 0.15) is 0 Å². The van der Waals surface area contributed by atoms with E-state index in [1.807, 2.05) is 0 Å². The molecule has 0 saturated carbocycles. The van der Waals surface area contributed by atoms with E-state index in [0.29, 0.717) is 0 Å². The summed E-state index contributed by atoms with van der Waals surface area (Å²) < 4.78 is 0. The molecule has 0 spiro atoms. The summed E-state index contributed by atoms with van der Waals surface area (Å²) >= 11 is 0. The average Bonchev–Trinajstić information content (AvgIpc) is 0.688. The number of nitrogens with zero attached hydrogens (tertiary/aromatic N) is 3. The highest BCUT2D eigenvalue weighted by Crippen LogP contribution is 2.53. The minimum absolute atomic E-state index is 0.371. The highest BCUT2D eigenvalue weighted by Gasteiger charge is 2.45. The first kappa shape index (κ1) is 76.6. The molecule has 0 amide bonds. The third kappa shape index (κ3) is 12.7. The number of hydrogen-bond acceptors (Lipinski definition) is 3. The Morgan fingerprint density at radius 2 is 0.396 bits per heavy atom. The predicted octanol–water partition coefficient (Wildman–Crippen LogP) is 34.1. The summed E-state index contributed by atoms with van der Waals surface area (Å²) in [6.45, 7) is -0.371. The molecule has 2 heterocycles. The zero-order chi connectivity index (χ0) is 88.0. The van der Waals surface area contributed by atoms with E-state index in [0.717, 1.165) is 95.3 Å². The average molecular weight is 1700 g/mol. The first-order chi connectivity index (χ1) is 66.4. The number of rotatable bonds is 13. The summed E-state index contributed by atoms with van der Waals surface area (Å²) in [5.41, 5.74) is 31.8. The van der Waals surface area contributed by atoms with Gasteiger partial charge in [0.2, 0.25) is 0 Å². The van der Waals surface area contributed by atoms with Gasteiger partial charge in [-0.1, -0.05) is 376 Å². The van der Waals surface area contributed by atoms with Crippen molar-refractivity contribution in [3.63, 3.8) is 0 Å². The zero-order valence-electron chi connectivity index (χ0n) is 73.3. The normalized spacial score (nSPS) is 12.3. The predicted molar refractivity (Wildman–Crippen MR) is 574 cm³/mol. The number of anilines is 9. The van der Waals surface area contributed by atoms with Crippen molar-refractivity contribution in [2.24, 2.45) is 0 Å². The van der Waals surface area contributed by atoms with E-state index >= 15 is 0 Å². The fourth-order valence-electron chi connectivity index (χ4n) is 22.3. The molecular weight excluding hydrogens is 1610 g/mol. The molecule has 0 N–H and O–H groups in total. The van der Waals surface area contributed by atoms with Crippen LogP contribution < -0.4 is 31.1 Å². The van der Waals surface area contributed by atoms with Crippen LogP contribution in [0, 0.1) is 0 Å². The summed E-state index contributed by atoms with van der Waals surface area (Å²) in [7, 11) is 0. The van der Waals surface area contributed by atoms with Gasteiger partial charge >= 0.3 is 0 Å². The Labute approximate surface area is 777 Å². The van der Waals surface area contributed by atoms with Crippen LogP contribution in [0.3, 0.4) is 0 Å². The summed E-state index contributed by atoms with van der Waals surface area (Å²) in [5.74, 6) is 0. The fourth-order valence-corrected chi connectivity index (χ4v) is 22.3. The van der Waals surface area contributed by atoms with Crippen LogP contribution in [0.4, 0.5) is 51.2 Å². The molecule has 0 aromatic heterocycles. The third-order valence-corrected chi connectivity index (χ3v) is 28.6. The Bertz CT molecular complexity index is 8640. The molecule has 25 aromatic carbocycles. The Morgan fingerprint density at radius 3 is 0.701 bits per heavy atom. The van der Waals surface area contributed by atoms with Gasteiger partial charge in [0.25, 0.3) is 6.71 Å². The van der Waals surface area contributed by atoms with E-state index < -0.39 is 0 Å². The van der Waals surface area contributed by atoms with E-state index in [9.17, 15) is 0 Å². The molecule has 0 unspecified atom stereocenters. The summed E-state index contributed by atoms with van der Waals surface area (Å²) in [6.07, 6.45) is 0. The molecule has 2 aliphatic heterocycles. The van der Waals surface area contributed by atoms with Gasteiger partial charge in [-0.2, -0.15) is 0 Å². The maximum atomic E-state index is 2.63. The van der Waals surface area contributed by atoms with Gasteiger partial charge in [0.15, 0.2) is 0 Å². The maximum absolute atomic E-state index is 2.63. The Morgan fingerprint density at radius 1 is 0.149 bits per heavy atom. The van der Waals surface area contributed by atoms with Gasteiger partial charge in [-0.15, -0.1) is 0 Å². The molecule has 620 valence electrons. The van der Waals surface area contributed by atoms with Crippen LogP contribution >= 0.6 is 0 Å². The van der Waals surface area contributed by atoms with Crippen LogP contribution in [0.5, 0.6) is 0 Å². The Balaban J connectivity index is 0.761. The van der Waals surface area contributed by atoms with Crippen LogP contribution in [0.25, 0.3) is 197 Å². The molecule has 0 saturated heterocycles. The molecule has 0 bridgehead atoms. The molecule has 4 heteroatoms. The van der Waals surface area contributed by atoms with Gasteiger partial charge in [-0.3, -0.25) is 0 Å². The lowest BCUT2D eigenvalue weighted by Crippen LogP contribution is -2.61. The van der Waals surface area contributed by atoms with Gasteiger partial charge < -0.3 is 14.7 Å². The smallest absolute Gasteiger partial charge is 0.252 e. The Hall–Kier alpha value is -17.4. The van der Waals surface area contributed by atoms with Crippen molar-refractivity contribution >= 4 is 182 Å². The van der Waals surface area contributed by atoms with Crippen LogP contribution in [0.2, 0.25) is 0 Å². The van der Waals surface area contributed by atoms with Gasteiger partial charge in [-0.05, 0) is 334 Å². The SMILES string of the molecule is c1ccc2cc(N(c3cc4c5c(c3)N(c3ccc(-c6cc7ccccc7cc6-c6cccc7ccccc67)cc3)c3ccc(-c6cc7ccccc7cc6-c6cccc7ccccc67)cc3B5c3cc(-c5cc6ccccc6cc5-c5cccc6ccccc56)ccc3N4c3ccc(-c4cc5ccccc5cc4-c4cccc5ccccc45)cc3)c3ccc4ccccc4c3)ccc2c1. The fraction of sp³-hybridized carbons (Fsp3) is 0. The van der Waals surface area contributed by atoms with Crippen molar-refractivity contribution in [3.05, 3.63) is 497 Å². The third-order valence-electron chi connectivity index (χ3n) is 28.6. The van der Waals surface area contributed by atoms with E-state index in [4.69, 9.17) is 0 Å². The van der Waals surface area contributed by atoms with Gasteiger partial charge in [0.05, 0.1) is 5.69 Å². The first-order valence-electron chi connectivity index (χ1n) is 46.5. The molecule has 25 aromatic rings. The number of fused-ring (bicyclic) bond motifs is 14. The zero-order valence-corrected chi connectivity index (χ0v) is 73.3. The molecule has 0 radical (unpaired) electrons. The van der Waals surface area contributed by atoms with E-state index in [1.54, 1.807) is 0 Å². The monoisotopic (exact) mass is 1700 g/mol. The van der Waals surface area contributed by atoms with Gasteiger partial charge in [0, 0.05) is 45.5 Å². The van der Waals surface area contributed by atoms with Crippen molar-refractivity contribution in [2.45, 2.75) is 0 Å². The van der Waals surface area contributed by atoms with Crippen molar-refractivity contribution in [3.8, 4) is 89.0 Å². The van der Waals surface area contributed by atoms with Crippen LogP contribution in [0.1, 0.15) is 0 Å². The number of hydrogen-bond donors (Lipinski definition) is 0. The standard InChI is InChI=1S/C130H82BN3/c1-3-31-91-69-105(65-53-83(91)25-1)132(106-66-54-84-26-2-4-32-92(84)70-106)107-81-128-130-129(82-107)134(104-63-57-90(58-64-104)117-72-94-34-6-10-38-98(94)76-121(117)113-50-22-42-86-28-14-18-46-109(86)113)127-68-60-102(119-74-96-36-8-12-40-100(96)78-123(119)115-52-24-44-88-30-16-20-48-111(88)115)80-125(127)131(130)124-79-101(118-73-95-35-7-11-39-99(95)77-122(118)114-51-23-43-87-29-15-19-47-110(87)114)59-67-126(124)133(128)103-61-55-89(56-62-103)116-71-93-33-5-9-37-97(93)75-120(116)112-49-21-41-85-27-13-17-45-108(85)112/h1-82H. The molecular formula is C130H82BN3. The summed E-state index contributed by atoms with van der Waals surface area (Å²) in [6, 6.07) is 188. The molecule has 134 heavy (non-hydrogen) atoms. The van der Waals surface area contributed by atoms with Crippen molar-refractivity contribution in [1.29, 1.82) is 0 Å². The van der Waals surface area contributed by atoms with Crippen molar-refractivity contribution in [2.75, 3.05) is 14.7 Å². The lowest BCUT2D eigenvalue weighted by molar-refractivity contribution is 1.23. The first-order valence-corrected chi connectivity index (χ1v) is 46.5. The molecule has 27 rings (SSSR count). The maximum Gasteiger partial charge on any atom is 0.252 e. The minimum Gasteiger partial charge on any atom is -0.311 e. The largest absolute Gasteiger partial charge is 0.311 e. The second-order valence-electron chi connectivity index (χ2n) is 36.1. The molecule has 0 fully saturated rings. The summed E-state index contributed by atoms with van der Waals surface area (Å²) in [5, 5.41) is 23.9. The highest BCUT2D eigenvalue weighted by atomic mass is 15.2. The van der Waals surface area contributed by atoms with E-state index in [1.165, 1.54) is 169 Å². The lowest BCUT2D eigenvalue weighted by atomic mass is 9.33. The Kier molecular flexibility index (Phi) is 17.8. The number of benzene rings is 25. The summed E-state index contributed by atoms with van der Waals surface area (Å²) in [4.78, 5) is 7.78. The van der Waals surface area contributed by atoms with Gasteiger partial charge in [-0.25, -0.2) is 0 Å². The minimum atomic E-state index is -0.371. The van der Waals surface area contributed by atoms with E-state index in [2.05, 4.69) is 512 Å².